The van der Waals surface area contributed by atoms with E-state index in [1.165, 1.54) is 42.4 Å². The fourth-order valence-corrected chi connectivity index (χ4v) is 3.70. The van der Waals surface area contributed by atoms with Crippen molar-refractivity contribution in [1.29, 1.82) is 0 Å². The topological polar surface area (TPSA) is 0 Å². The molecule has 21 heavy (non-hydrogen) atoms. The van der Waals surface area contributed by atoms with Crippen molar-refractivity contribution in [2.45, 2.75) is 45.4 Å². The highest BCUT2D eigenvalue weighted by atomic mass is 14.3. The third kappa shape index (κ3) is 3.37. The summed E-state index contributed by atoms with van der Waals surface area (Å²) in [5, 5.41) is 0. The van der Waals surface area contributed by atoms with Crippen LogP contribution in [-0.2, 0) is 0 Å². The van der Waals surface area contributed by atoms with Crippen LogP contribution in [0, 0.1) is 11.8 Å². The summed E-state index contributed by atoms with van der Waals surface area (Å²) in [5.74, 6) is 2.58. The molecule has 0 radical (unpaired) electrons. The fraction of sp³-hybridized carbons (Fsp3) is 0.429. The van der Waals surface area contributed by atoms with E-state index >= 15 is 0 Å². The quantitative estimate of drug-likeness (QED) is 0.619. The SMILES string of the molecule is CC(C)C1CCC(c2ccc(-c3ccccc3)cc2)CC1. The van der Waals surface area contributed by atoms with Crippen LogP contribution in [0.3, 0.4) is 0 Å². The molecule has 0 aliphatic heterocycles. The predicted molar refractivity (Wildman–Crippen MR) is 91.4 cm³/mol. The molecule has 0 saturated heterocycles. The van der Waals surface area contributed by atoms with E-state index in [-0.39, 0.29) is 0 Å². The summed E-state index contributed by atoms with van der Waals surface area (Å²) in [4.78, 5) is 0. The van der Waals surface area contributed by atoms with Crippen molar-refractivity contribution < 1.29 is 0 Å². The van der Waals surface area contributed by atoms with E-state index in [1.807, 2.05) is 0 Å². The molecular weight excluding hydrogens is 252 g/mol. The van der Waals surface area contributed by atoms with Gasteiger partial charge < -0.3 is 0 Å². The van der Waals surface area contributed by atoms with Gasteiger partial charge in [-0.3, -0.25) is 0 Å². The zero-order valence-electron chi connectivity index (χ0n) is 13.3. The van der Waals surface area contributed by atoms with Crippen LogP contribution >= 0.6 is 0 Å². The molecule has 0 heteroatoms. The lowest BCUT2D eigenvalue weighted by Crippen LogP contribution is -2.17. The van der Waals surface area contributed by atoms with E-state index in [4.69, 9.17) is 0 Å². The molecule has 0 spiro atoms. The molecule has 0 bridgehead atoms. The lowest BCUT2D eigenvalue weighted by molar-refractivity contribution is 0.259. The first kappa shape index (κ1) is 14.4. The molecular formula is C21H26. The molecule has 0 atom stereocenters. The minimum atomic E-state index is 0.782. The van der Waals surface area contributed by atoms with Crippen LogP contribution in [0.2, 0.25) is 0 Å². The molecule has 0 N–H and O–H groups in total. The molecule has 2 aromatic rings. The van der Waals surface area contributed by atoms with Gasteiger partial charge in [-0.1, -0.05) is 68.4 Å². The van der Waals surface area contributed by atoms with Gasteiger partial charge in [-0.05, 0) is 60.1 Å². The number of rotatable bonds is 3. The summed E-state index contributed by atoms with van der Waals surface area (Å²) in [6, 6.07) is 19.9. The highest BCUT2D eigenvalue weighted by Crippen LogP contribution is 2.38. The standard InChI is InChI=1S/C21H26/c1-16(2)17-8-10-20(11-9-17)21-14-12-19(13-15-21)18-6-4-3-5-7-18/h3-7,12-17,20H,8-11H2,1-2H3. The lowest BCUT2D eigenvalue weighted by Gasteiger charge is -2.31. The van der Waals surface area contributed by atoms with Gasteiger partial charge in [-0.25, -0.2) is 0 Å². The van der Waals surface area contributed by atoms with Crippen molar-refractivity contribution in [3.8, 4) is 11.1 Å². The van der Waals surface area contributed by atoms with Gasteiger partial charge in [0, 0.05) is 0 Å². The van der Waals surface area contributed by atoms with Gasteiger partial charge in [0.25, 0.3) is 0 Å². The second-order valence-electron chi connectivity index (χ2n) is 6.84. The third-order valence-electron chi connectivity index (χ3n) is 5.20. The molecule has 0 amide bonds. The van der Waals surface area contributed by atoms with E-state index in [2.05, 4.69) is 68.4 Å². The van der Waals surface area contributed by atoms with Crippen LogP contribution in [0.4, 0.5) is 0 Å². The van der Waals surface area contributed by atoms with Crippen molar-refractivity contribution >= 4 is 0 Å². The minimum absolute atomic E-state index is 0.782. The molecule has 3 rings (SSSR count). The summed E-state index contributed by atoms with van der Waals surface area (Å²) >= 11 is 0. The highest BCUT2D eigenvalue weighted by Gasteiger charge is 2.24. The number of hydrogen-bond donors (Lipinski definition) is 0. The summed E-state index contributed by atoms with van der Waals surface area (Å²) in [6.07, 6.45) is 5.55. The van der Waals surface area contributed by atoms with E-state index in [9.17, 15) is 0 Å². The lowest BCUT2D eigenvalue weighted by atomic mass is 9.75. The molecule has 1 aliphatic carbocycles. The first-order valence-electron chi connectivity index (χ1n) is 8.39. The van der Waals surface area contributed by atoms with E-state index in [1.54, 1.807) is 0 Å². The van der Waals surface area contributed by atoms with Gasteiger partial charge in [-0.2, -0.15) is 0 Å². The van der Waals surface area contributed by atoms with Crippen LogP contribution < -0.4 is 0 Å². The Kier molecular flexibility index (Phi) is 4.43. The van der Waals surface area contributed by atoms with Gasteiger partial charge >= 0.3 is 0 Å². The maximum absolute atomic E-state index is 2.37. The Morgan fingerprint density at radius 1 is 0.714 bits per heavy atom. The Morgan fingerprint density at radius 3 is 1.86 bits per heavy atom. The van der Waals surface area contributed by atoms with Crippen molar-refractivity contribution in [3.63, 3.8) is 0 Å². The molecule has 110 valence electrons. The van der Waals surface area contributed by atoms with Crippen LogP contribution in [0.1, 0.15) is 51.0 Å². The first-order valence-corrected chi connectivity index (χ1v) is 8.39. The second kappa shape index (κ2) is 6.47. The molecule has 0 heterocycles. The Bertz CT molecular complexity index is 542. The highest BCUT2D eigenvalue weighted by molar-refractivity contribution is 5.63. The molecule has 0 aromatic heterocycles. The van der Waals surface area contributed by atoms with Crippen LogP contribution in [0.15, 0.2) is 54.6 Å². The van der Waals surface area contributed by atoms with Crippen LogP contribution in [-0.4, -0.2) is 0 Å². The van der Waals surface area contributed by atoms with Crippen molar-refractivity contribution in [3.05, 3.63) is 60.2 Å². The second-order valence-corrected chi connectivity index (χ2v) is 6.84. The summed E-state index contributed by atoms with van der Waals surface area (Å²) in [7, 11) is 0. The molecule has 0 unspecified atom stereocenters. The average molecular weight is 278 g/mol. The Morgan fingerprint density at radius 2 is 1.29 bits per heavy atom. The fourth-order valence-electron chi connectivity index (χ4n) is 3.70. The van der Waals surface area contributed by atoms with E-state index < -0.39 is 0 Å². The van der Waals surface area contributed by atoms with Crippen LogP contribution in [0.5, 0.6) is 0 Å². The minimum Gasteiger partial charge on any atom is -0.0625 e. The van der Waals surface area contributed by atoms with Gasteiger partial charge in [0.05, 0.1) is 0 Å². The van der Waals surface area contributed by atoms with Gasteiger partial charge in [-0.15, -0.1) is 0 Å². The zero-order valence-corrected chi connectivity index (χ0v) is 13.3. The van der Waals surface area contributed by atoms with Crippen molar-refractivity contribution in [1.82, 2.24) is 0 Å². The molecule has 1 saturated carbocycles. The summed E-state index contributed by atoms with van der Waals surface area (Å²) in [6.45, 7) is 4.75. The van der Waals surface area contributed by atoms with E-state index in [0.717, 1.165) is 17.8 Å². The van der Waals surface area contributed by atoms with Gasteiger partial charge in [0.1, 0.15) is 0 Å². The molecule has 1 aliphatic rings. The zero-order chi connectivity index (χ0) is 14.7. The number of benzene rings is 2. The van der Waals surface area contributed by atoms with Gasteiger partial charge in [0.15, 0.2) is 0 Å². The normalized spacial score (nSPS) is 22.4. The predicted octanol–water partition coefficient (Wildman–Crippen LogP) is 6.28. The van der Waals surface area contributed by atoms with Crippen molar-refractivity contribution in [2.75, 3.05) is 0 Å². The van der Waals surface area contributed by atoms with Crippen molar-refractivity contribution in [2.24, 2.45) is 11.8 Å². The Balaban J connectivity index is 1.68. The monoisotopic (exact) mass is 278 g/mol. The first-order chi connectivity index (χ1) is 10.2. The number of hydrogen-bond acceptors (Lipinski definition) is 0. The average Bonchev–Trinajstić information content (AvgIpc) is 2.56. The Labute approximate surface area is 129 Å². The van der Waals surface area contributed by atoms with Gasteiger partial charge in [0.2, 0.25) is 0 Å². The summed E-state index contributed by atoms with van der Waals surface area (Å²) in [5.41, 5.74) is 4.18. The maximum Gasteiger partial charge on any atom is -0.0162 e. The summed E-state index contributed by atoms with van der Waals surface area (Å²) < 4.78 is 0. The molecule has 0 nitrogen and oxygen atoms in total. The Hall–Kier alpha value is -1.56. The smallest absolute Gasteiger partial charge is 0.0162 e. The van der Waals surface area contributed by atoms with Crippen LogP contribution in [0.25, 0.3) is 11.1 Å². The molecule has 2 aromatic carbocycles. The molecule has 1 fully saturated rings. The third-order valence-corrected chi connectivity index (χ3v) is 5.20. The maximum atomic E-state index is 2.37. The van der Waals surface area contributed by atoms with E-state index in [0.29, 0.717) is 0 Å². The largest absolute Gasteiger partial charge is 0.0625 e.